The minimum absolute atomic E-state index is 0.609. The molecule has 1 atom stereocenters. The van der Waals surface area contributed by atoms with Crippen molar-refractivity contribution >= 4 is 0 Å². The highest BCUT2D eigenvalue weighted by atomic mass is 16.5. The van der Waals surface area contributed by atoms with Crippen molar-refractivity contribution in [2.75, 3.05) is 26.3 Å². The van der Waals surface area contributed by atoms with Crippen LogP contribution in [0.2, 0.25) is 0 Å². The maximum absolute atomic E-state index is 5.24. The van der Waals surface area contributed by atoms with Crippen molar-refractivity contribution in [2.45, 2.75) is 44.8 Å². The molecule has 0 aromatic carbocycles. The molecule has 0 saturated carbocycles. The van der Waals surface area contributed by atoms with Crippen molar-refractivity contribution in [1.82, 2.24) is 10.2 Å². The molecule has 0 spiro atoms. The summed E-state index contributed by atoms with van der Waals surface area (Å²) < 4.78 is 5.24. The van der Waals surface area contributed by atoms with Crippen LogP contribution in [-0.2, 0) is 4.74 Å². The van der Waals surface area contributed by atoms with E-state index < -0.39 is 0 Å². The van der Waals surface area contributed by atoms with Gasteiger partial charge in [0.1, 0.15) is 0 Å². The summed E-state index contributed by atoms with van der Waals surface area (Å²) in [5.41, 5.74) is 0. The second-order valence-corrected chi connectivity index (χ2v) is 4.85. The molecule has 0 radical (unpaired) electrons. The van der Waals surface area contributed by atoms with Gasteiger partial charge in [0.15, 0.2) is 0 Å². The number of hydrogen-bond acceptors (Lipinski definition) is 3. The van der Waals surface area contributed by atoms with Crippen molar-refractivity contribution in [3.05, 3.63) is 0 Å². The van der Waals surface area contributed by atoms with E-state index in [0.29, 0.717) is 18.1 Å². The Bertz CT molecular complexity index is 180. The third-order valence-corrected chi connectivity index (χ3v) is 3.16. The zero-order valence-electron chi connectivity index (χ0n) is 9.33. The molecule has 0 aromatic rings. The molecule has 0 aliphatic carbocycles. The van der Waals surface area contributed by atoms with Gasteiger partial charge in [0.25, 0.3) is 0 Å². The smallest absolute Gasteiger partial charge is 0.0645 e. The Hall–Kier alpha value is -0.120. The predicted octanol–water partition coefficient (Wildman–Crippen LogP) is 0.848. The van der Waals surface area contributed by atoms with Crippen LogP contribution in [0.3, 0.4) is 0 Å². The molecule has 3 nitrogen and oxygen atoms in total. The van der Waals surface area contributed by atoms with Gasteiger partial charge in [0, 0.05) is 18.6 Å². The van der Waals surface area contributed by atoms with Crippen molar-refractivity contribution < 1.29 is 4.74 Å². The van der Waals surface area contributed by atoms with E-state index in [1.54, 1.807) is 0 Å². The largest absolute Gasteiger partial charge is 0.378 e. The lowest BCUT2D eigenvalue weighted by atomic mass is 10.0. The Balaban J connectivity index is 1.77. The maximum Gasteiger partial charge on any atom is 0.0645 e. The second kappa shape index (κ2) is 4.60. The van der Waals surface area contributed by atoms with Crippen molar-refractivity contribution in [1.29, 1.82) is 0 Å². The number of rotatable bonds is 3. The molecule has 14 heavy (non-hydrogen) atoms. The molecule has 2 heterocycles. The zero-order chi connectivity index (χ0) is 9.97. The van der Waals surface area contributed by atoms with Crippen LogP contribution < -0.4 is 5.32 Å². The first-order valence-corrected chi connectivity index (χ1v) is 5.83. The highest BCUT2D eigenvalue weighted by molar-refractivity contribution is 4.85. The fourth-order valence-electron chi connectivity index (χ4n) is 2.38. The molecule has 0 unspecified atom stereocenters. The van der Waals surface area contributed by atoms with Gasteiger partial charge < -0.3 is 10.1 Å². The molecule has 0 amide bonds. The van der Waals surface area contributed by atoms with Gasteiger partial charge in [-0.15, -0.1) is 0 Å². The quantitative estimate of drug-likeness (QED) is 0.727. The molecule has 2 aliphatic heterocycles. The van der Waals surface area contributed by atoms with E-state index in [1.165, 1.54) is 25.9 Å². The van der Waals surface area contributed by atoms with E-state index in [9.17, 15) is 0 Å². The molecule has 2 aliphatic rings. The first-order chi connectivity index (χ1) is 6.75. The summed E-state index contributed by atoms with van der Waals surface area (Å²) in [5, 5.41) is 3.63. The molecule has 2 rings (SSSR count). The molecule has 2 fully saturated rings. The first-order valence-electron chi connectivity index (χ1n) is 5.83. The zero-order valence-corrected chi connectivity index (χ0v) is 9.33. The fraction of sp³-hybridized carbons (Fsp3) is 1.00. The molecule has 0 bridgehead atoms. The summed E-state index contributed by atoms with van der Waals surface area (Å²) in [7, 11) is 0. The van der Waals surface area contributed by atoms with Crippen LogP contribution in [0.5, 0.6) is 0 Å². The number of ether oxygens (including phenoxy) is 1. The van der Waals surface area contributed by atoms with Crippen LogP contribution >= 0.6 is 0 Å². The van der Waals surface area contributed by atoms with Crippen molar-refractivity contribution in [3.63, 3.8) is 0 Å². The highest BCUT2D eigenvalue weighted by Crippen LogP contribution is 2.17. The second-order valence-electron chi connectivity index (χ2n) is 4.85. The van der Waals surface area contributed by atoms with E-state index in [4.69, 9.17) is 4.74 Å². The number of piperidine rings is 1. The summed E-state index contributed by atoms with van der Waals surface area (Å²) in [6, 6.07) is 2.02. The molecule has 2 saturated heterocycles. The van der Waals surface area contributed by atoms with E-state index in [1.807, 2.05) is 0 Å². The highest BCUT2D eigenvalue weighted by Gasteiger charge is 2.30. The number of nitrogens with zero attached hydrogens (tertiary/aromatic N) is 1. The molecule has 0 aromatic heterocycles. The molecular weight excluding hydrogens is 176 g/mol. The van der Waals surface area contributed by atoms with Crippen LogP contribution in [-0.4, -0.2) is 49.3 Å². The van der Waals surface area contributed by atoms with Crippen LogP contribution in [0, 0.1) is 0 Å². The normalized spacial score (nSPS) is 30.6. The SMILES string of the molecule is CC(C)N[C@@H]1CCCN(C2COC2)C1. The van der Waals surface area contributed by atoms with Gasteiger partial charge in [0.05, 0.1) is 19.3 Å². The Morgan fingerprint density at radius 3 is 2.71 bits per heavy atom. The molecule has 3 heteroatoms. The number of nitrogens with one attached hydrogen (secondary N) is 1. The van der Waals surface area contributed by atoms with Crippen LogP contribution in [0.15, 0.2) is 0 Å². The fourth-order valence-corrected chi connectivity index (χ4v) is 2.38. The number of likely N-dealkylation sites (tertiary alicyclic amines) is 1. The van der Waals surface area contributed by atoms with Crippen LogP contribution in [0.4, 0.5) is 0 Å². The maximum atomic E-state index is 5.24. The van der Waals surface area contributed by atoms with E-state index >= 15 is 0 Å². The minimum atomic E-state index is 0.609. The van der Waals surface area contributed by atoms with E-state index in [-0.39, 0.29) is 0 Å². The average molecular weight is 198 g/mol. The van der Waals surface area contributed by atoms with Crippen LogP contribution in [0.25, 0.3) is 0 Å². The van der Waals surface area contributed by atoms with Gasteiger partial charge in [-0.1, -0.05) is 13.8 Å². The van der Waals surface area contributed by atoms with E-state index in [0.717, 1.165) is 13.2 Å². The summed E-state index contributed by atoms with van der Waals surface area (Å²) in [4.78, 5) is 2.59. The standard InChI is InChI=1S/C11H22N2O/c1-9(2)12-10-4-3-5-13(6-10)11-7-14-8-11/h9-12H,3-8H2,1-2H3/t10-/m1/s1. The first kappa shape index (κ1) is 10.4. The van der Waals surface area contributed by atoms with Gasteiger partial charge in [0.2, 0.25) is 0 Å². The van der Waals surface area contributed by atoms with Gasteiger partial charge >= 0.3 is 0 Å². The van der Waals surface area contributed by atoms with Crippen LogP contribution in [0.1, 0.15) is 26.7 Å². The lowest BCUT2D eigenvalue weighted by Crippen LogP contribution is -2.56. The predicted molar refractivity (Wildman–Crippen MR) is 57.5 cm³/mol. The third kappa shape index (κ3) is 2.47. The van der Waals surface area contributed by atoms with Crippen molar-refractivity contribution in [2.24, 2.45) is 0 Å². The number of hydrogen-bond donors (Lipinski definition) is 1. The topological polar surface area (TPSA) is 24.5 Å². The Kier molecular flexibility index (Phi) is 3.42. The van der Waals surface area contributed by atoms with Gasteiger partial charge in [-0.25, -0.2) is 0 Å². The summed E-state index contributed by atoms with van der Waals surface area (Å²) in [6.07, 6.45) is 2.67. The lowest BCUT2D eigenvalue weighted by molar-refractivity contribution is -0.0734. The lowest BCUT2D eigenvalue weighted by Gasteiger charge is -2.42. The summed E-state index contributed by atoms with van der Waals surface area (Å²) >= 11 is 0. The van der Waals surface area contributed by atoms with Gasteiger partial charge in [-0.05, 0) is 19.4 Å². The molecule has 82 valence electrons. The summed E-state index contributed by atoms with van der Waals surface area (Å²) in [6.45, 7) is 8.84. The van der Waals surface area contributed by atoms with Crippen molar-refractivity contribution in [3.8, 4) is 0 Å². The molecule has 1 N–H and O–H groups in total. The monoisotopic (exact) mass is 198 g/mol. The Labute approximate surface area is 86.8 Å². The minimum Gasteiger partial charge on any atom is -0.378 e. The Morgan fingerprint density at radius 2 is 2.14 bits per heavy atom. The van der Waals surface area contributed by atoms with E-state index in [2.05, 4.69) is 24.1 Å². The van der Waals surface area contributed by atoms with Gasteiger partial charge in [-0.3, -0.25) is 4.90 Å². The Morgan fingerprint density at radius 1 is 1.36 bits per heavy atom. The van der Waals surface area contributed by atoms with Gasteiger partial charge in [-0.2, -0.15) is 0 Å². The average Bonchev–Trinajstić information content (AvgIpc) is 1.99. The summed E-state index contributed by atoms with van der Waals surface area (Å²) in [5.74, 6) is 0. The molecular formula is C11H22N2O. The third-order valence-electron chi connectivity index (χ3n) is 3.16.